The molecule has 7 heteroatoms. The third kappa shape index (κ3) is 4.61. The molecule has 0 bridgehead atoms. The predicted octanol–water partition coefficient (Wildman–Crippen LogP) is 0.799. The number of rotatable bonds is 7. The highest BCUT2D eigenvalue weighted by molar-refractivity contribution is 5.84. The van der Waals surface area contributed by atoms with Crippen molar-refractivity contribution in [3.8, 4) is 0 Å². The van der Waals surface area contributed by atoms with E-state index < -0.39 is 17.4 Å². The highest BCUT2D eigenvalue weighted by Crippen LogP contribution is 2.25. The monoisotopic (exact) mass is 299 g/mol. The summed E-state index contributed by atoms with van der Waals surface area (Å²) in [6, 6.07) is -0.505. The minimum Gasteiger partial charge on any atom is -0.481 e. The molecule has 1 rings (SSSR count). The molecule has 0 atom stereocenters. The summed E-state index contributed by atoms with van der Waals surface area (Å²) >= 11 is 0. The van der Waals surface area contributed by atoms with Crippen LogP contribution < -0.4 is 10.6 Å². The lowest BCUT2D eigenvalue weighted by Gasteiger charge is -2.26. The third-order valence-electron chi connectivity index (χ3n) is 4.25. The summed E-state index contributed by atoms with van der Waals surface area (Å²) in [6.07, 6.45) is 2.88. The zero-order chi connectivity index (χ0) is 15.9. The fourth-order valence-corrected chi connectivity index (χ4v) is 2.42. The number of aliphatic carboxylic acids is 1. The summed E-state index contributed by atoms with van der Waals surface area (Å²) in [5.74, 6) is -1.01. The van der Waals surface area contributed by atoms with E-state index in [9.17, 15) is 19.5 Å². The van der Waals surface area contributed by atoms with Gasteiger partial charge in [-0.15, -0.1) is 0 Å². The van der Waals surface area contributed by atoms with Crippen molar-refractivity contribution in [1.29, 1.82) is 0 Å². The van der Waals surface area contributed by atoms with Gasteiger partial charge in [-0.3, -0.25) is 9.59 Å². The molecule has 0 spiro atoms. The number of carbonyl (C=O) groups excluding carboxylic acids is 2. The van der Waals surface area contributed by atoms with E-state index in [1.165, 1.54) is 0 Å². The molecular weight excluding hydrogens is 274 g/mol. The molecule has 21 heavy (non-hydrogen) atoms. The molecule has 0 aromatic rings. The number of hydrogen-bond acceptors (Lipinski definition) is 3. The summed E-state index contributed by atoms with van der Waals surface area (Å²) in [6.45, 7) is 5.07. The number of urea groups is 1. The average Bonchev–Trinajstić information content (AvgIpc) is 3.00. The zero-order valence-corrected chi connectivity index (χ0v) is 12.8. The van der Waals surface area contributed by atoms with Crippen molar-refractivity contribution < 1.29 is 19.5 Å². The number of carbonyl (C=O) groups is 3. The van der Waals surface area contributed by atoms with Crippen LogP contribution in [0, 0.1) is 5.41 Å². The van der Waals surface area contributed by atoms with Gasteiger partial charge in [-0.2, -0.15) is 0 Å². The van der Waals surface area contributed by atoms with Crippen LogP contribution in [-0.2, 0) is 9.59 Å². The summed E-state index contributed by atoms with van der Waals surface area (Å²) in [7, 11) is 0. The highest BCUT2D eigenvalue weighted by atomic mass is 16.4. The van der Waals surface area contributed by atoms with Gasteiger partial charge in [0.25, 0.3) is 0 Å². The van der Waals surface area contributed by atoms with Crippen molar-refractivity contribution in [3.63, 3.8) is 0 Å². The smallest absolute Gasteiger partial charge is 0.315 e. The first kappa shape index (κ1) is 17.3. The Labute approximate surface area is 125 Å². The van der Waals surface area contributed by atoms with Crippen LogP contribution in [0.4, 0.5) is 4.79 Å². The van der Waals surface area contributed by atoms with E-state index in [1.54, 1.807) is 18.7 Å². The van der Waals surface area contributed by atoms with Crippen LogP contribution in [0.3, 0.4) is 0 Å². The Balaban J connectivity index is 2.36. The van der Waals surface area contributed by atoms with Crippen molar-refractivity contribution in [2.75, 3.05) is 26.2 Å². The standard InChI is InChI=1S/C14H25N3O4/c1-3-14(4-2,12(19)20)10-16-13(21)15-9-11(18)17-7-5-6-8-17/h3-10H2,1-2H3,(H,19,20)(H2,15,16,21). The first-order chi connectivity index (χ1) is 9.95. The minimum absolute atomic E-state index is 0.0514. The molecule has 1 aliphatic heterocycles. The first-order valence-electron chi connectivity index (χ1n) is 7.48. The lowest BCUT2D eigenvalue weighted by molar-refractivity contribution is -0.149. The Morgan fingerprint density at radius 2 is 1.67 bits per heavy atom. The third-order valence-corrected chi connectivity index (χ3v) is 4.25. The molecule has 0 unspecified atom stereocenters. The van der Waals surface area contributed by atoms with E-state index in [4.69, 9.17) is 0 Å². The molecule has 120 valence electrons. The van der Waals surface area contributed by atoms with Gasteiger partial charge in [0.2, 0.25) is 5.91 Å². The van der Waals surface area contributed by atoms with Crippen LogP contribution in [0.1, 0.15) is 39.5 Å². The normalized spacial score (nSPS) is 14.9. The Bertz CT molecular complexity index is 388. The number of amides is 3. The number of nitrogens with one attached hydrogen (secondary N) is 2. The van der Waals surface area contributed by atoms with Gasteiger partial charge >= 0.3 is 12.0 Å². The average molecular weight is 299 g/mol. The van der Waals surface area contributed by atoms with Crippen molar-refractivity contribution in [1.82, 2.24) is 15.5 Å². The molecule has 1 saturated heterocycles. The van der Waals surface area contributed by atoms with Gasteiger partial charge in [0, 0.05) is 19.6 Å². The van der Waals surface area contributed by atoms with E-state index in [-0.39, 0.29) is 19.0 Å². The van der Waals surface area contributed by atoms with Crippen LogP contribution in [0.5, 0.6) is 0 Å². The maximum Gasteiger partial charge on any atom is 0.315 e. The van der Waals surface area contributed by atoms with Gasteiger partial charge in [-0.05, 0) is 25.7 Å². The molecule has 1 fully saturated rings. The summed E-state index contributed by atoms with van der Waals surface area (Å²) < 4.78 is 0. The van der Waals surface area contributed by atoms with E-state index in [0.717, 1.165) is 25.9 Å². The zero-order valence-electron chi connectivity index (χ0n) is 12.8. The van der Waals surface area contributed by atoms with Crippen LogP contribution in [0.2, 0.25) is 0 Å². The lowest BCUT2D eigenvalue weighted by Crippen LogP contribution is -2.48. The van der Waals surface area contributed by atoms with Crippen molar-refractivity contribution >= 4 is 17.9 Å². The molecule has 0 aliphatic carbocycles. The lowest BCUT2D eigenvalue weighted by atomic mass is 9.82. The number of hydrogen-bond donors (Lipinski definition) is 3. The Morgan fingerprint density at radius 3 is 2.14 bits per heavy atom. The topological polar surface area (TPSA) is 98.7 Å². The number of nitrogens with zero attached hydrogens (tertiary/aromatic N) is 1. The SMILES string of the molecule is CCC(CC)(CNC(=O)NCC(=O)N1CCCC1)C(=O)O. The maximum atomic E-state index is 11.8. The molecule has 0 aromatic carbocycles. The minimum atomic E-state index is -0.948. The Kier molecular flexibility index (Phi) is 6.45. The molecule has 3 N–H and O–H groups in total. The summed E-state index contributed by atoms with van der Waals surface area (Å²) in [5, 5.41) is 14.3. The molecule has 1 aliphatic rings. The summed E-state index contributed by atoms with van der Waals surface area (Å²) in [4.78, 5) is 36.5. The fraction of sp³-hybridized carbons (Fsp3) is 0.786. The Morgan fingerprint density at radius 1 is 1.10 bits per heavy atom. The second kappa shape index (κ2) is 7.85. The van der Waals surface area contributed by atoms with Gasteiger partial charge in [-0.25, -0.2) is 4.79 Å². The molecule has 0 saturated carbocycles. The maximum absolute atomic E-state index is 11.8. The summed E-state index contributed by atoms with van der Waals surface area (Å²) in [5.41, 5.74) is -0.948. The van der Waals surface area contributed by atoms with Crippen molar-refractivity contribution in [3.05, 3.63) is 0 Å². The predicted molar refractivity (Wildman–Crippen MR) is 77.9 cm³/mol. The van der Waals surface area contributed by atoms with Crippen LogP contribution in [0.25, 0.3) is 0 Å². The van der Waals surface area contributed by atoms with Gasteiger partial charge in [0.05, 0.1) is 12.0 Å². The highest BCUT2D eigenvalue weighted by Gasteiger charge is 2.35. The molecule has 1 heterocycles. The quantitative estimate of drug-likeness (QED) is 0.647. The van der Waals surface area contributed by atoms with Crippen molar-refractivity contribution in [2.24, 2.45) is 5.41 Å². The molecule has 7 nitrogen and oxygen atoms in total. The Hall–Kier alpha value is -1.79. The van der Waals surface area contributed by atoms with Gasteiger partial charge < -0.3 is 20.6 Å². The number of carboxylic acids is 1. The van der Waals surface area contributed by atoms with Gasteiger partial charge in [-0.1, -0.05) is 13.8 Å². The van der Waals surface area contributed by atoms with Gasteiger partial charge in [0.15, 0.2) is 0 Å². The molecule has 0 aromatic heterocycles. The number of carboxylic acid groups (broad SMARTS) is 1. The van der Waals surface area contributed by atoms with E-state index in [2.05, 4.69) is 10.6 Å². The largest absolute Gasteiger partial charge is 0.481 e. The van der Waals surface area contributed by atoms with Crippen LogP contribution in [0.15, 0.2) is 0 Å². The first-order valence-corrected chi connectivity index (χ1v) is 7.48. The molecule has 0 radical (unpaired) electrons. The van der Waals surface area contributed by atoms with Crippen LogP contribution >= 0.6 is 0 Å². The van der Waals surface area contributed by atoms with E-state index in [1.807, 2.05) is 0 Å². The van der Waals surface area contributed by atoms with E-state index >= 15 is 0 Å². The van der Waals surface area contributed by atoms with Gasteiger partial charge in [0.1, 0.15) is 0 Å². The van der Waals surface area contributed by atoms with E-state index in [0.29, 0.717) is 12.8 Å². The molecular formula is C14H25N3O4. The number of likely N-dealkylation sites (tertiary alicyclic amines) is 1. The fourth-order valence-electron chi connectivity index (χ4n) is 2.42. The molecule has 3 amide bonds. The second-order valence-corrected chi connectivity index (χ2v) is 5.42. The second-order valence-electron chi connectivity index (χ2n) is 5.42. The van der Waals surface area contributed by atoms with Crippen molar-refractivity contribution in [2.45, 2.75) is 39.5 Å². The van der Waals surface area contributed by atoms with Crippen LogP contribution in [-0.4, -0.2) is 54.1 Å².